The van der Waals surface area contributed by atoms with Crippen LogP contribution in [0.25, 0.3) is 0 Å². The van der Waals surface area contributed by atoms with Crippen LogP contribution in [0.15, 0.2) is 53.3 Å². The van der Waals surface area contributed by atoms with Gasteiger partial charge in [0.2, 0.25) is 0 Å². The molecule has 1 fully saturated rings. The average Bonchev–Trinajstić information content (AvgIpc) is 3.22. The monoisotopic (exact) mass is 446 g/mol. The number of aryl methyl sites for hydroxylation is 3. The third kappa shape index (κ3) is 5.69. The number of likely N-dealkylation sites (tertiary alicyclic amines) is 1. The summed E-state index contributed by atoms with van der Waals surface area (Å²) < 4.78 is 5.36. The van der Waals surface area contributed by atoms with Crippen LogP contribution in [0.4, 0.5) is 0 Å². The lowest BCUT2D eigenvalue weighted by Gasteiger charge is -2.35. The van der Waals surface area contributed by atoms with E-state index in [1.807, 2.05) is 37.1 Å². The van der Waals surface area contributed by atoms with Crippen molar-refractivity contribution in [2.75, 3.05) is 19.6 Å². The number of aromatic nitrogens is 2. The molecule has 0 radical (unpaired) electrons. The molecule has 0 saturated carbocycles. The molecule has 2 aromatic heterocycles. The van der Waals surface area contributed by atoms with Crippen LogP contribution in [-0.4, -0.2) is 45.5 Å². The molecule has 1 aliphatic heterocycles. The lowest BCUT2D eigenvalue weighted by Crippen LogP contribution is -2.40. The van der Waals surface area contributed by atoms with Gasteiger partial charge in [0.25, 0.3) is 5.91 Å². The van der Waals surface area contributed by atoms with Crippen LogP contribution < -0.4 is 0 Å². The Labute approximate surface area is 196 Å². The summed E-state index contributed by atoms with van der Waals surface area (Å²) in [5.74, 6) is 1.09. The Bertz CT molecular complexity index is 1050. The van der Waals surface area contributed by atoms with Crippen molar-refractivity contribution in [1.29, 1.82) is 0 Å². The maximum Gasteiger partial charge on any atom is 0.259 e. The molecule has 174 valence electrons. The Hall–Kier alpha value is -2.99. The number of carbonyl (C=O) groups is 1. The van der Waals surface area contributed by atoms with Gasteiger partial charge in [0.05, 0.1) is 5.69 Å². The van der Waals surface area contributed by atoms with Crippen LogP contribution in [0.5, 0.6) is 0 Å². The van der Waals surface area contributed by atoms with Crippen molar-refractivity contribution < 1.29 is 9.32 Å². The molecule has 1 aliphatic rings. The van der Waals surface area contributed by atoms with E-state index in [-0.39, 0.29) is 5.91 Å². The number of nitrogens with zero attached hydrogens (tertiary/aromatic N) is 4. The first kappa shape index (κ1) is 23.2. The van der Waals surface area contributed by atoms with Gasteiger partial charge in [0.1, 0.15) is 11.3 Å². The lowest BCUT2D eigenvalue weighted by atomic mass is 9.95. The molecule has 6 heteroatoms. The Morgan fingerprint density at radius 1 is 1.15 bits per heavy atom. The molecule has 1 aromatic carbocycles. The van der Waals surface area contributed by atoms with Crippen molar-refractivity contribution in [2.45, 2.75) is 53.1 Å². The quantitative estimate of drug-likeness (QED) is 0.497. The van der Waals surface area contributed by atoms with Gasteiger partial charge in [-0.1, -0.05) is 42.4 Å². The first-order valence-corrected chi connectivity index (χ1v) is 11.9. The number of pyridine rings is 1. The number of carbonyl (C=O) groups excluding carboxylic acids is 1. The summed E-state index contributed by atoms with van der Waals surface area (Å²) in [6, 6.07) is 12.6. The third-order valence-electron chi connectivity index (χ3n) is 6.71. The van der Waals surface area contributed by atoms with Gasteiger partial charge in [-0.3, -0.25) is 14.7 Å². The smallest absolute Gasteiger partial charge is 0.259 e. The zero-order chi connectivity index (χ0) is 23.2. The molecule has 0 atom stereocenters. The van der Waals surface area contributed by atoms with E-state index in [0.717, 1.165) is 50.3 Å². The van der Waals surface area contributed by atoms with E-state index < -0.39 is 0 Å². The Balaban J connectivity index is 1.44. The minimum atomic E-state index is 0.0109. The second kappa shape index (κ2) is 10.8. The van der Waals surface area contributed by atoms with Gasteiger partial charge >= 0.3 is 0 Å². The fourth-order valence-corrected chi connectivity index (χ4v) is 4.69. The van der Waals surface area contributed by atoms with E-state index in [4.69, 9.17) is 4.52 Å². The molecule has 3 aromatic rings. The minimum Gasteiger partial charge on any atom is -0.361 e. The normalized spacial score (nSPS) is 15.0. The van der Waals surface area contributed by atoms with E-state index in [2.05, 4.69) is 46.2 Å². The van der Waals surface area contributed by atoms with E-state index in [1.54, 1.807) is 6.20 Å². The van der Waals surface area contributed by atoms with Crippen molar-refractivity contribution in [3.8, 4) is 0 Å². The molecule has 33 heavy (non-hydrogen) atoms. The summed E-state index contributed by atoms with van der Waals surface area (Å²) in [6.45, 7) is 10.4. The number of piperidine rings is 1. The highest BCUT2D eigenvalue weighted by atomic mass is 16.5. The summed E-state index contributed by atoms with van der Waals surface area (Å²) in [5, 5.41) is 4.11. The Kier molecular flexibility index (Phi) is 7.55. The van der Waals surface area contributed by atoms with E-state index in [9.17, 15) is 4.79 Å². The molecule has 1 saturated heterocycles. The van der Waals surface area contributed by atoms with Gasteiger partial charge in [-0.15, -0.1) is 0 Å². The second-order valence-electron chi connectivity index (χ2n) is 9.11. The Morgan fingerprint density at radius 3 is 2.64 bits per heavy atom. The van der Waals surface area contributed by atoms with Crippen molar-refractivity contribution >= 4 is 5.91 Å². The van der Waals surface area contributed by atoms with Crippen molar-refractivity contribution in [3.63, 3.8) is 0 Å². The summed E-state index contributed by atoms with van der Waals surface area (Å²) in [5.41, 5.74) is 5.15. The molecule has 0 unspecified atom stereocenters. The molecule has 6 nitrogen and oxygen atoms in total. The molecule has 4 rings (SSSR count). The molecular weight excluding hydrogens is 412 g/mol. The standard InChI is InChI=1S/C27H34N4O2/c1-4-25-26(21(3)33-29-25)27(32)31(18-23-9-7-13-28-16-23)17-22-11-14-30(15-12-22)19-24-10-6-5-8-20(24)2/h5-10,13,16,22H,4,11-12,14-15,17-19H2,1-3H3. The lowest BCUT2D eigenvalue weighted by molar-refractivity contribution is 0.0669. The SMILES string of the molecule is CCc1noc(C)c1C(=O)N(Cc1cccnc1)CC1CCN(Cc2ccccc2C)CC1. The van der Waals surface area contributed by atoms with Gasteiger partial charge in [-0.25, -0.2) is 0 Å². The van der Waals surface area contributed by atoms with Crippen LogP contribution in [0.2, 0.25) is 0 Å². The van der Waals surface area contributed by atoms with Crippen molar-refractivity contribution in [3.05, 3.63) is 82.5 Å². The molecule has 0 bridgehead atoms. The van der Waals surface area contributed by atoms with E-state index in [1.165, 1.54) is 11.1 Å². The summed E-state index contributed by atoms with van der Waals surface area (Å²) >= 11 is 0. The average molecular weight is 447 g/mol. The van der Waals surface area contributed by atoms with Gasteiger partial charge in [-0.2, -0.15) is 0 Å². The summed E-state index contributed by atoms with van der Waals surface area (Å²) in [7, 11) is 0. The maximum atomic E-state index is 13.6. The highest BCUT2D eigenvalue weighted by Crippen LogP contribution is 2.24. The second-order valence-corrected chi connectivity index (χ2v) is 9.11. The Morgan fingerprint density at radius 2 is 1.94 bits per heavy atom. The first-order chi connectivity index (χ1) is 16.0. The van der Waals surface area contributed by atoms with Crippen LogP contribution in [-0.2, 0) is 19.5 Å². The van der Waals surface area contributed by atoms with Crippen LogP contribution in [0, 0.1) is 19.8 Å². The van der Waals surface area contributed by atoms with Crippen molar-refractivity contribution in [1.82, 2.24) is 19.9 Å². The number of amides is 1. The molecule has 3 heterocycles. The number of rotatable bonds is 8. The summed E-state index contributed by atoms with van der Waals surface area (Å²) in [6.07, 6.45) is 6.46. The molecule has 0 aliphatic carbocycles. The van der Waals surface area contributed by atoms with Crippen molar-refractivity contribution in [2.24, 2.45) is 5.92 Å². The van der Waals surface area contributed by atoms with E-state index in [0.29, 0.717) is 30.2 Å². The first-order valence-electron chi connectivity index (χ1n) is 11.9. The van der Waals surface area contributed by atoms with Crippen LogP contribution >= 0.6 is 0 Å². The van der Waals surface area contributed by atoms with E-state index >= 15 is 0 Å². The number of hydrogen-bond donors (Lipinski definition) is 0. The molecule has 0 N–H and O–H groups in total. The maximum absolute atomic E-state index is 13.6. The molecule has 1 amide bonds. The highest BCUT2D eigenvalue weighted by Gasteiger charge is 2.28. The fraction of sp³-hybridized carbons (Fsp3) is 0.444. The van der Waals surface area contributed by atoms with Gasteiger partial charge in [0.15, 0.2) is 0 Å². The number of hydrogen-bond acceptors (Lipinski definition) is 5. The topological polar surface area (TPSA) is 62.5 Å². The zero-order valence-electron chi connectivity index (χ0n) is 20.0. The predicted molar refractivity (Wildman–Crippen MR) is 129 cm³/mol. The highest BCUT2D eigenvalue weighted by molar-refractivity contribution is 5.96. The number of benzene rings is 1. The largest absolute Gasteiger partial charge is 0.361 e. The van der Waals surface area contributed by atoms with Gasteiger partial charge in [-0.05, 0) is 74.9 Å². The van der Waals surface area contributed by atoms with Crippen LogP contribution in [0.3, 0.4) is 0 Å². The predicted octanol–water partition coefficient (Wildman–Crippen LogP) is 4.80. The third-order valence-corrected chi connectivity index (χ3v) is 6.71. The minimum absolute atomic E-state index is 0.0109. The molecule has 0 spiro atoms. The van der Waals surface area contributed by atoms with Gasteiger partial charge < -0.3 is 9.42 Å². The summed E-state index contributed by atoms with van der Waals surface area (Å²) in [4.78, 5) is 22.4. The fourth-order valence-electron chi connectivity index (χ4n) is 4.69. The van der Waals surface area contributed by atoms with Crippen LogP contribution in [0.1, 0.15) is 58.3 Å². The molecular formula is C27H34N4O2. The van der Waals surface area contributed by atoms with Gasteiger partial charge in [0, 0.05) is 32.0 Å². The zero-order valence-corrected chi connectivity index (χ0v) is 20.0.